The van der Waals surface area contributed by atoms with Gasteiger partial charge in [-0.05, 0) is 38.3 Å². The summed E-state index contributed by atoms with van der Waals surface area (Å²) in [6.45, 7) is 4.20. The van der Waals surface area contributed by atoms with E-state index in [4.69, 9.17) is 0 Å². The summed E-state index contributed by atoms with van der Waals surface area (Å²) in [5.74, 6) is 0.611. The fourth-order valence-electron chi connectivity index (χ4n) is 2.57. The van der Waals surface area contributed by atoms with Crippen LogP contribution < -0.4 is 10.6 Å². The summed E-state index contributed by atoms with van der Waals surface area (Å²) in [5.41, 5.74) is 0.397. The van der Waals surface area contributed by atoms with Gasteiger partial charge in [0, 0.05) is 12.1 Å². The van der Waals surface area contributed by atoms with Crippen LogP contribution in [-0.4, -0.2) is 28.2 Å². The van der Waals surface area contributed by atoms with E-state index in [0.29, 0.717) is 17.8 Å². The molecule has 1 aliphatic rings. The highest BCUT2D eigenvalue weighted by Gasteiger charge is 2.16. The van der Waals surface area contributed by atoms with E-state index < -0.39 is 0 Å². The topological polar surface area (TPSA) is 66.9 Å². The molecule has 0 aromatic carbocycles. The predicted molar refractivity (Wildman–Crippen MR) is 84.4 cm³/mol. The molecule has 1 fully saturated rings. The smallest absolute Gasteiger partial charge is 0.272 e. The maximum Gasteiger partial charge on any atom is 0.272 e. The number of hydrogen-bond acceptors (Lipinski definition) is 4. The van der Waals surface area contributed by atoms with E-state index in [9.17, 15) is 4.79 Å². The molecule has 1 amide bonds. The molecule has 5 heteroatoms. The van der Waals surface area contributed by atoms with E-state index in [-0.39, 0.29) is 5.91 Å². The Morgan fingerprint density at radius 3 is 2.52 bits per heavy atom. The van der Waals surface area contributed by atoms with Crippen molar-refractivity contribution in [3.63, 3.8) is 0 Å². The highest BCUT2D eigenvalue weighted by molar-refractivity contribution is 5.92. The maximum atomic E-state index is 12.2. The highest BCUT2D eigenvalue weighted by Crippen LogP contribution is 2.17. The summed E-state index contributed by atoms with van der Waals surface area (Å²) in [6.07, 6.45) is 8.14. The van der Waals surface area contributed by atoms with Crippen LogP contribution in [0.2, 0.25) is 0 Å². The van der Waals surface area contributed by atoms with Crippen molar-refractivity contribution < 1.29 is 4.79 Å². The lowest BCUT2D eigenvalue weighted by molar-refractivity contribution is 0.0927. The lowest BCUT2D eigenvalue weighted by Gasteiger charge is -2.16. The second-order valence-electron chi connectivity index (χ2n) is 5.92. The van der Waals surface area contributed by atoms with Crippen LogP contribution in [-0.2, 0) is 0 Å². The zero-order valence-corrected chi connectivity index (χ0v) is 13.1. The lowest BCUT2D eigenvalue weighted by Crippen LogP contribution is -2.35. The third-order valence-corrected chi connectivity index (χ3v) is 4.09. The van der Waals surface area contributed by atoms with Crippen molar-refractivity contribution in [3.8, 4) is 0 Å². The Morgan fingerprint density at radius 2 is 1.95 bits per heavy atom. The molecule has 1 heterocycles. The normalized spacial score (nSPS) is 17.8. The standard InChI is InChI=1S/C16H26N4O/c1-3-12(2)17-15-11-10-14(19-20-15)16(21)18-13-8-6-4-5-7-9-13/h10-13H,3-9H2,1-2H3,(H,17,20)(H,18,21). The van der Waals surface area contributed by atoms with Crippen LogP contribution in [0.15, 0.2) is 12.1 Å². The first-order valence-electron chi connectivity index (χ1n) is 8.10. The molecule has 0 aliphatic heterocycles. The zero-order chi connectivity index (χ0) is 15.1. The summed E-state index contributed by atoms with van der Waals surface area (Å²) in [4.78, 5) is 12.2. The third kappa shape index (κ3) is 4.99. The maximum absolute atomic E-state index is 12.2. The monoisotopic (exact) mass is 290 g/mol. The van der Waals surface area contributed by atoms with Crippen molar-refractivity contribution >= 4 is 11.7 Å². The van der Waals surface area contributed by atoms with Gasteiger partial charge in [0.15, 0.2) is 5.69 Å². The van der Waals surface area contributed by atoms with E-state index in [1.807, 2.05) is 6.07 Å². The second-order valence-corrected chi connectivity index (χ2v) is 5.92. The molecule has 2 N–H and O–H groups in total. The molecule has 0 spiro atoms. The van der Waals surface area contributed by atoms with Gasteiger partial charge >= 0.3 is 0 Å². The van der Waals surface area contributed by atoms with Gasteiger partial charge < -0.3 is 10.6 Å². The average Bonchev–Trinajstić information content (AvgIpc) is 2.76. The zero-order valence-electron chi connectivity index (χ0n) is 13.1. The van der Waals surface area contributed by atoms with E-state index >= 15 is 0 Å². The first kappa shape index (κ1) is 15.7. The van der Waals surface area contributed by atoms with Crippen LogP contribution in [0.3, 0.4) is 0 Å². The van der Waals surface area contributed by atoms with Crippen molar-refractivity contribution in [2.24, 2.45) is 0 Å². The van der Waals surface area contributed by atoms with Gasteiger partial charge in [0.25, 0.3) is 5.91 Å². The minimum atomic E-state index is -0.107. The number of rotatable bonds is 5. The van der Waals surface area contributed by atoms with E-state index in [1.165, 1.54) is 25.7 Å². The number of nitrogens with one attached hydrogen (secondary N) is 2. The van der Waals surface area contributed by atoms with Crippen LogP contribution in [0.1, 0.15) is 69.3 Å². The number of anilines is 1. The van der Waals surface area contributed by atoms with Crippen LogP contribution in [0.5, 0.6) is 0 Å². The molecule has 1 aromatic heterocycles. The van der Waals surface area contributed by atoms with Crippen molar-refractivity contribution in [1.29, 1.82) is 0 Å². The van der Waals surface area contributed by atoms with E-state index in [1.54, 1.807) is 6.07 Å². The minimum absolute atomic E-state index is 0.107. The fourth-order valence-corrected chi connectivity index (χ4v) is 2.57. The largest absolute Gasteiger partial charge is 0.366 e. The van der Waals surface area contributed by atoms with E-state index in [0.717, 1.165) is 25.1 Å². The molecule has 1 aromatic rings. The number of nitrogens with zero attached hydrogens (tertiary/aromatic N) is 2. The first-order valence-corrected chi connectivity index (χ1v) is 8.10. The van der Waals surface area contributed by atoms with Crippen LogP contribution in [0.4, 0.5) is 5.82 Å². The molecule has 0 saturated heterocycles. The first-order chi connectivity index (χ1) is 10.2. The average molecular weight is 290 g/mol. The number of amides is 1. The van der Waals surface area contributed by atoms with Crippen LogP contribution >= 0.6 is 0 Å². The Morgan fingerprint density at radius 1 is 1.24 bits per heavy atom. The molecule has 0 radical (unpaired) electrons. The Kier molecular flexibility index (Phi) is 5.96. The SMILES string of the molecule is CCC(C)Nc1ccc(C(=O)NC2CCCCCC2)nn1. The summed E-state index contributed by atoms with van der Waals surface area (Å²) in [7, 11) is 0. The van der Waals surface area contributed by atoms with Gasteiger partial charge in [-0.25, -0.2) is 0 Å². The predicted octanol–water partition coefficient (Wildman–Crippen LogP) is 3.14. The van der Waals surface area contributed by atoms with Crippen LogP contribution in [0, 0.1) is 0 Å². The van der Waals surface area contributed by atoms with Gasteiger partial charge in [-0.15, -0.1) is 10.2 Å². The molecule has 1 atom stereocenters. The molecule has 1 saturated carbocycles. The van der Waals surface area contributed by atoms with Gasteiger partial charge in [-0.3, -0.25) is 4.79 Å². The Labute approximate surface area is 126 Å². The second kappa shape index (κ2) is 7.96. The Hall–Kier alpha value is -1.65. The summed E-state index contributed by atoms with van der Waals surface area (Å²) >= 11 is 0. The van der Waals surface area contributed by atoms with Crippen molar-refractivity contribution in [2.75, 3.05) is 5.32 Å². The van der Waals surface area contributed by atoms with Gasteiger partial charge in [0.2, 0.25) is 0 Å². The fraction of sp³-hybridized carbons (Fsp3) is 0.688. The number of carbonyl (C=O) groups is 1. The molecule has 1 aliphatic carbocycles. The van der Waals surface area contributed by atoms with Gasteiger partial charge in [-0.2, -0.15) is 0 Å². The minimum Gasteiger partial charge on any atom is -0.366 e. The molecular weight excluding hydrogens is 264 g/mol. The molecule has 116 valence electrons. The molecule has 1 unspecified atom stereocenters. The summed E-state index contributed by atoms with van der Waals surface area (Å²) in [6, 6.07) is 4.20. The lowest BCUT2D eigenvalue weighted by atomic mass is 10.1. The summed E-state index contributed by atoms with van der Waals surface area (Å²) < 4.78 is 0. The van der Waals surface area contributed by atoms with E-state index in [2.05, 4.69) is 34.7 Å². The molecule has 21 heavy (non-hydrogen) atoms. The Bertz CT molecular complexity index is 438. The van der Waals surface area contributed by atoms with Crippen LogP contribution in [0.25, 0.3) is 0 Å². The Balaban J connectivity index is 1.89. The van der Waals surface area contributed by atoms with Gasteiger partial charge in [-0.1, -0.05) is 32.6 Å². The van der Waals surface area contributed by atoms with Crippen molar-refractivity contribution in [2.45, 2.75) is 70.9 Å². The number of carbonyl (C=O) groups excluding carboxylic acids is 1. The van der Waals surface area contributed by atoms with Crippen molar-refractivity contribution in [1.82, 2.24) is 15.5 Å². The quantitative estimate of drug-likeness (QED) is 0.818. The van der Waals surface area contributed by atoms with Gasteiger partial charge in [0.1, 0.15) is 5.82 Å². The molecule has 2 rings (SSSR count). The summed E-state index contributed by atoms with van der Waals surface area (Å²) in [5, 5.41) is 14.4. The van der Waals surface area contributed by atoms with Gasteiger partial charge in [0.05, 0.1) is 0 Å². The molecule has 5 nitrogen and oxygen atoms in total. The number of aromatic nitrogens is 2. The third-order valence-electron chi connectivity index (χ3n) is 4.09. The number of hydrogen-bond donors (Lipinski definition) is 2. The molecule has 0 bridgehead atoms. The highest BCUT2D eigenvalue weighted by atomic mass is 16.2. The van der Waals surface area contributed by atoms with Crippen molar-refractivity contribution in [3.05, 3.63) is 17.8 Å². The molecular formula is C16H26N4O.